The van der Waals surface area contributed by atoms with Gasteiger partial charge in [-0.1, -0.05) is 0 Å². The molecule has 0 aliphatic heterocycles. The molecular weight excluding hydrogens is 370 g/mol. The summed E-state index contributed by atoms with van der Waals surface area (Å²) in [6.45, 7) is 0. The number of pyridine rings is 1. The van der Waals surface area contributed by atoms with Crippen LogP contribution in [-0.2, 0) is 12.8 Å². The molecule has 1 amide bonds. The summed E-state index contributed by atoms with van der Waals surface area (Å²) in [7, 11) is 1.60. The molecule has 0 saturated carbocycles. The second-order valence-corrected chi connectivity index (χ2v) is 6.67. The second-order valence-electron chi connectivity index (χ2n) is 6.67. The van der Waals surface area contributed by atoms with Crippen molar-refractivity contribution in [2.75, 3.05) is 7.11 Å². The van der Waals surface area contributed by atoms with Crippen molar-refractivity contribution in [2.45, 2.75) is 25.7 Å². The number of hydrogen-bond acceptors (Lipinski definition) is 6. The number of primary amides is 1. The maximum Gasteiger partial charge on any atom is 0.250 e. The summed E-state index contributed by atoms with van der Waals surface area (Å²) < 4.78 is 12.5. The van der Waals surface area contributed by atoms with Crippen molar-refractivity contribution >= 4 is 11.4 Å². The molecule has 0 unspecified atom stereocenters. The van der Waals surface area contributed by atoms with E-state index < -0.39 is 5.91 Å². The number of rotatable bonds is 3. The lowest BCUT2D eigenvalue weighted by atomic mass is 10.0. The van der Waals surface area contributed by atoms with E-state index in [1.165, 1.54) is 12.8 Å². The third-order valence-corrected chi connectivity index (χ3v) is 4.69. The molecule has 8 heteroatoms. The topological polar surface area (TPSA) is 109 Å². The first kappa shape index (κ1) is 18.7. The molecule has 2 N–H and O–H groups in total. The van der Waals surface area contributed by atoms with E-state index in [1.807, 2.05) is 18.2 Å². The predicted octanol–water partition coefficient (Wildman–Crippen LogP) is 3.06. The quantitative estimate of drug-likeness (QED) is 0.575. The van der Waals surface area contributed by atoms with Crippen LogP contribution in [0.25, 0.3) is 17.0 Å². The van der Waals surface area contributed by atoms with Gasteiger partial charge in [-0.15, -0.1) is 0 Å². The number of carbonyl (C=O) groups excluding carboxylic acids is 1. The second kappa shape index (κ2) is 8.14. The molecule has 5 rings (SSSR count). The fraction of sp³-hybridized carbons (Fsp3) is 0.238. The minimum Gasteiger partial charge on any atom is -0.481 e. The highest BCUT2D eigenvalue weighted by Crippen LogP contribution is 2.28. The number of nitrogens with zero attached hydrogens (tertiary/aromatic N) is 4. The van der Waals surface area contributed by atoms with Gasteiger partial charge in [0.15, 0.2) is 0 Å². The molecule has 4 aromatic rings. The number of aromatic nitrogens is 4. The van der Waals surface area contributed by atoms with Crippen molar-refractivity contribution in [3.05, 3.63) is 65.9 Å². The molecule has 0 spiro atoms. The molecule has 0 radical (unpaired) electrons. The smallest absolute Gasteiger partial charge is 0.250 e. The van der Waals surface area contributed by atoms with Crippen LogP contribution in [0.15, 0.2) is 53.3 Å². The molecule has 1 aliphatic carbocycles. The number of oxazole rings is 1. The molecular formula is C21H21N5O3. The molecule has 0 atom stereocenters. The Hall–Kier alpha value is -3.68. The molecule has 4 heterocycles. The van der Waals surface area contributed by atoms with Crippen LogP contribution in [0.4, 0.5) is 0 Å². The predicted molar refractivity (Wildman–Crippen MR) is 107 cm³/mol. The van der Waals surface area contributed by atoms with Crippen molar-refractivity contribution < 1.29 is 13.9 Å². The SMILES string of the molecule is COc1cc(-c2nc3c(o2)CCCC3)ccn1.NC(=O)c1cc2cccnn2c1. The summed E-state index contributed by atoms with van der Waals surface area (Å²) in [6.07, 6.45) is 9.40. The fourth-order valence-electron chi connectivity index (χ4n) is 3.21. The first-order chi connectivity index (χ1) is 14.1. The minimum absolute atomic E-state index is 0.430. The van der Waals surface area contributed by atoms with Crippen LogP contribution in [0, 0.1) is 0 Å². The van der Waals surface area contributed by atoms with Gasteiger partial charge in [0.1, 0.15) is 5.76 Å². The summed E-state index contributed by atoms with van der Waals surface area (Å²) in [5, 5.41) is 3.99. The fourth-order valence-corrected chi connectivity index (χ4v) is 3.21. The highest BCUT2D eigenvalue weighted by Gasteiger charge is 2.18. The molecule has 148 valence electrons. The van der Waals surface area contributed by atoms with Gasteiger partial charge in [0.2, 0.25) is 17.7 Å². The van der Waals surface area contributed by atoms with E-state index in [9.17, 15) is 4.79 Å². The number of amides is 1. The Balaban J connectivity index is 0.000000150. The summed E-state index contributed by atoms with van der Waals surface area (Å²) in [5.41, 5.74) is 8.48. The Labute approximate surface area is 167 Å². The molecule has 0 fully saturated rings. The van der Waals surface area contributed by atoms with Crippen LogP contribution < -0.4 is 10.5 Å². The summed E-state index contributed by atoms with van der Waals surface area (Å²) >= 11 is 0. The van der Waals surface area contributed by atoms with Crippen molar-refractivity contribution in [1.29, 1.82) is 0 Å². The summed E-state index contributed by atoms with van der Waals surface area (Å²) in [5.74, 6) is 1.87. The molecule has 8 nitrogen and oxygen atoms in total. The number of carbonyl (C=O) groups is 1. The van der Waals surface area contributed by atoms with E-state index in [0.717, 1.165) is 35.4 Å². The van der Waals surface area contributed by atoms with Crippen LogP contribution in [0.5, 0.6) is 5.88 Å². The van der Waals surface area contributed by atoms with Gasteiger partial charge in [-0.25, -0.2) is 14.5 Å². The molecule has 4 aromatic heterocycles. The van der Waals surface area contributed by atoms with Crippen LogP contribution in [0.1, 0.15) is 34.7 Å². The summed E-state index contributed by atoms with van der Waals surface area (Å²) in [4.78, 5) is 19.4. The molecule has 0 aromatic carbocycles. The van der Waals surface area contributed by atoms with E-state index in [0.29, 0.717) is 17.3 Å². The van der Waals surface area contributed by atoms with Crippen molar-refractivity contribution in [3.63, 3.8) is 0 Å². The first-order valence-corrected chi connectivity index (χ1v) is 9.36. The third kappa shape index (κ3) is 4.11. The monoisotopic (exact) mass is 391 g/mol. The third-order valence-electron chi connectivity index (χ3n) is 4.69. The van der Waals surface area contributed by atoms with Gasteiger partial charge in [-0.2, -0.15) is 5.10 Å². The Bertz CT molecular complexity index is 1090. The first-order valence-electron chi connectivity index (χ1n) is 9.36. The van der Waals surface area contributed by atoms with Crippen LogP contribution in [0.3, 0.4) is 0 Å². The van der Waals surface area contributed by atoms with Crippen molar-refractivity contribution in [2.24, 2.45) is 5.73 Å². The average Bonchev–Trinajstić information content (AvgIpc) is 3.38. The highest BCUT2D eigenvalue weighted by atomic mass is 16.5. The largest absolute Gasteiger partial charge is 0.481 e. The van der Waals surface area contributed by atoms with Gasteiger partial charge in [0, 0.05) is 36.6 Å². The van der Waals surface area contributed by atoms with Crippen LogP contribution >= 0.6 is 0 Å². The molecule has 0 bridgehead atoms. The van der Waals surface area contributed by atoms with Gasteiger partial charge < -0.3 is 14.9 Å². The zero-order valence-electron chi connectivity index (χ0n) is 16.0. The van der Waals surface area contributed by atoms with E-state index in [2.05, 4.69) is 15.1 Å². The number of methoxy groups -OCH3 is 1. The molecule has 0 saturated heterocycles. The maximum atomic E-state index is 10.8. The number of ether oxygens (including phenoxy) is 1. The Kier molecular flexibility index (Phi) is 5.24. The zero-order chi connectivity index (χ0) is 20.2. The minimum atomic E-state index is -0.430. The van der Waals surface area contributed by atoms with Crippen molar-refractivity contribution in [3.8, 4) is 17.3 Å². The molecule has 29 heavy (non-hydrogen) atoms. The van der Waals surface area contributed by atoms with Crippen molar-refractivity contribution in [1.82, 2.24) is 19.6 Å². The van der Waals surface area contributed by atoms with E-state index in [4.69, 9.17) is 14.9 Å². The number of fused-ring (bicyclic) bond motifs is 2. The summed E-state index contributed by atoms with van der Waals surface area (Å²) in [6, 6.07) is 9.10. The van der Waals surface area contributed by atoms with Gasteiger partial charge in [0.25, 0.3) is 0 Å². The highest BCUT2D eigenvalue weighted by molar-refractivity contribution is 5.94. The van der Waals surface area contributed by atoms with Gasteiger partial charge in [-0.3, -0.25) is 4.79 Å². The van der Waals surface area contributed by atoms with Gasteiger partial charge >= 0.3 is 0 Å². The maximum absolute atomic E-state index is 10.8. The normalized spacial score (nSPS) is 12.7. The number of nitrogens with two attached hydrogens (primary N) is 1. The van der Waals surface area contributed by atoms with Gasteiger partial charge in [-0.05, 0) is 43.5 Å². The Morgan fingerprint density at radius 3 is 2.83 bits per heavy atom. The van der Waals surface area contributed by atoms with Crippen LogP contribution in [0.2, 0.25) is 0 Å². The zero-order valence-corrected chi connectivity index (χ0v) is 16.0. The number of aryl methyl sites for hydroxylation is 2. The lowest BCUT2D eigenvalue weighted by Crippen LogP contribution is -2.09. The lowest BCUT2D eigenvalue weighted by molar-refractivity contribution is 0.100. The number of hydrogen-bond donors (Lipinski definition) is 1. The van der Waals surface area contributed by atoms with E-state index in [1.54, 1.807) is 42.3 Å². The van der Waals surface area contributed by atoms with Gasteiger partial charge in [0.05, 0.1) is 23.9 Å². The standard InChI is InChI=1S/C13H14N2O2.C8H7N3O/c1-16-12-8-9(6-7-14-12)13-15-10-4-2-3-5-11(10)17-13;9-8(12)6-4-7-2-1-3-10-11(7)5-6/h6-8H,2-5H2,1H3;1-5H,(H2,9,12). The Morgan fingerprint density at radius 1 is 1.21 bits per heavy atom. The van der Waals surface area contributed by atoms with E-state index >= 15 is 0 Å². The van der Waals surface area contributed by atoms with Crippen LogP contribution in [-0.4, -0.2) is 32.6 Å². The lowest BCUT2D eigenvalue weighted by Gasteiger charge is -2.05. The molecule has 1 aliphatic rings. The average molecular weight is 391 g/mol. The Morgan fingerprint density at radius 2 is 2.07 bits per heavy atom. The van der Waals surface area contributed by atoms with E-state index in [-0.39, 0.29) is 0 Å².